The first kappa shape index (κ1) is 23.4. The van der Waals surface area contributed by atoms with E-state index in [2.05, 4.69) is 29.6 Å². The third-order valence-corrected chi connectivity index (χ3v) is 7.75. The number of rotatable bonds is 8. The van der Waals surface area contributed by atoms with Gasteiger partial charge in [0.05, 0.1) is 0 Å². The van der Waals surface area contributed by atoms with Gasteiger partial charge in [0.1, 0.15) is 6.61 Å². The van der Waals surface area contributed by atoms with Crippen LogP contribution in [-0.4, -0.2) is 53.7 Å². The Labute approximate surface area is 205 Å². The van der Waals surface area contributed by atoms with E-state index in [4.69, 9.17) is 9.84 Å². The molecule has 0 bridgehead atoms. The van der Waals surface area contributed by atoms with Crippen molar-refractivity contribution in [2.24, 2.45) is 11.8 Å². The molecule has 0 spiro atoms. The number of carbonyl (C=O) groups excluding carboxylic acids is 2. The Bertz CT molecular complexity index is 1060. The van der Waals surface area contributed by atoms with Crippen molar-refractivity contribution in [1.29, 1.82) is 0 Å². The molecule has 2 fully saturated rings. The number of nitrogens with zero attached hydrogens (tertiary/aromatic N) is 1. The fourth-order valence-corrected chi connectivity index (χ4v) is 5.86. The number of benzene rings is 2. The summed E-state index contributed by atoms with van der Waals surface area (Å²) in [5, 5.41) is 11.8. The van der Waals surface area contributed by atoms with Crippen molar-refractivity contribution in [3.63, 3.8) is 0 Å². The number of amides is 2. The Morgan fingerprint density at radius 2 is 1.60 bits per heavy atom. The summed E-state index contributed by atoms with van der Waals surface area (Å²) in [5.74, 6) is -0.0296. The van der Waals surface area contributed by atoms with E-state index in [9.17, 15) is 14.4 Å². The minimum absolute atomic E-state index is 0.0307. The molecule has 1 heterocycles. The molecule has 2 atom stereocenters. The van der Waals surface area contributed by atoms with Crippen LogP contribution in [0, 0.1) is 11.8 Å². The second-order valence-electron chi connectivity index (χ2n) is 10.1. The zero-order chi connectivity index (χ0) is 24.4. The number of aliphatic carboxylic acids is 1. The van der Waals surface area contributed by atoms with Gasteiger partial charge in [0.2, 0.25) is 5.91 Å². The van der Waals surface area contributed by atoms with Gasteiger partial charge in [-0.1, -0.05) is 48.5 Å². The molecule has 2 aromatic carbocycles. The molecule has 1 saturated heterocycles. The Balaban J connectivity index is 1.05. The van der Waals surface area contributed by atoms with E-state index in [1.54, 1.807) is 0 Å². The summed E-state index contributed by atoms with van der Waals surface area (Å²) < 4.78 is 5.67. The van der Waals surface area contributed by atoms with Crippen LogP contribution in [0.1, 0.15) is 55.6 Å². The van der Waals surface area contributed by atoms with Crippen LogP contribution < -0.4 is 5.32 Å². The number of likely N-dealkylation sites (tertiary alicyclic amines) is 1. The largest absolute Gasteiger partial charge is 0.481 e. The third kappa shape index (κ3) is 5.19. The summed E-state index contributed by atoms with van der Waals surface area (Å²) in [6.07, 6.45) is 3.45. The van der Waals surface area contributed by atoms with Crippen LogP contribution in [0.3, 0.4) is 0 Å². The van der Waals surface area contributed by atoms with E-state index in [0.29, 0.717) is 38.5 Å². The van der Waals surface area contributed by atoms with Crippen LogP contribution in [0.25, 0.3) is 11.1 Å². The molecule has 0 unspecified atom stereocenters. The smallest absolute Gasteiger partial charge is 0.407 e. The predicted octanol–water partition coefficient (Wildman–Crippen LogP) is 4.41. The van der Waals surface area contributed by atoms with Crippen molar-refractivity contribution in [1.82, 2.24) is 10.2 Å². The highest BCUT2D eigenvalue weighted by Gasteiger charge is 2.34. The number of nitrogens with one attached hydrogen (secondary N) is 1. The molecule has 184 valence electrons. The molecule has 2 amide bonds. The van der Waals surface area contributed by atoms with Crippen LogP contribution in [0.4, 0.5) is 4.79 Å². The maximum Gasteiger partial charge on any atom is 0.407 e. The first-order chi connectivity index (χ1) is 17.0. The van der Waals surface area contributed by atoms with Crippen LogP contribution in [0.5, 0.6) is 0 Å². The molecule has 1 saturated carbocycles. The normalized spacial score (nSPS) is 21.2. The quantitative estimate of drug-likeness (QED) is 0.589. The number of fused-ring (bicyclic) bond motifs is 3. The second kappa shape index (κ2) is 10.1. The van der Waals surface area contributed by atoms with E-state index < -0.39 is 12.1 Å². The number of hydrogen-bond acceptors (Lipinski definition) is 4. The lowest BCUT2D eigenvalue weighted by molar-refractivity contribution is -0.140. The highest BCUT2D eigenvalue weighted by molar-refractivity contribution is 5.79. The van der Waals surface area contributed by atoms with Gasteiger partial charge in [-0.25, -0.2) is 4.79 Å². The van der Waals surface area contributed by atoms with Crippen molar-refractivity contribution in [2.75, 3.05) is 19.7 Å². The standard InChI is InChI=1S/C28H32N2O5/c31-26(30-15-19(16-30)10-12-27(32)33)14-18-9-11-20(13-18)29-28(34)35-17-25-23-7-3-1-5-21(23)22-6-2-4-8-24(22)25/h1-8,18-20,25H,9-17H2,(H,29,34)(H,32,33)/t18-,20+/m1/s1. The van der Waals surface area contributed by atoms with E-state index >= 15 is 0 Å². The zero-order valence-corrected chi connectivity index (χ0v) is 19.8. The van der Waals surface area contributed by atoms with Gasteiger partial charge in [-0.2, -0.15) is 0 Å². The molecule has 1 aliphatic heterocycles. The van der Waals surface area contributed by atoms with E-state index in [-0.39, 0.29) is 30.2 Å². The number of hydrogen-bond donors (Lipinski definition) is 2. The van der Waals surface area contributed by atoms with Gasteiger partial charge in [-0.3, -0.25) is 9.59 Å². The number of ether oxygens (including phenoxy) is 1. The van der Waals surface area contributed by atoms with Gasteiger partial charge in [0.15, 0.2) is 0 Å². The average molecular weight is 477 g/mol. The Hall–Kier alpha value is -3.35. The fraction of sp³-hybridized carbons (Fsp3) is 0.464. The summed E-state index contributed by atoms with van der Waals surface area (Å²) in [6.45, 7) is 1.63. The van der Waals surface area contributed by atoms with Gasteiger partial charge in [-0.15, -0.1) is 0 Å². The monoisotopic (exact) mass is 476 g/mol. The second-order valence-corrected chi connectivity index (χ2v) is 10.1. The number of alkyl carbamates (subject to hydrolysis) is 1. The Kier molecular flexibility index (Phi) is 6.75. The van der Waals surface area contributed by atoms with Gasteiger partial charge >= 0.3 is 12.1 Å². The predicted molar refractivity (Wildman–Crippen MR) is 131 cm³/mol. The maximum atomic E-state index is 12.6. The fourth-order valence-electron chi connectivity index (χ4n) is 5.86. The van der Waals surface area contributed by atoms with Crippen molar-refractivity contribution in [3.8, 4) is 11.1 Å². The van der Waals surface area contributed by atoms with Gasteiger partial charge in [0.25, 0.3) is 0 Å². The molecule has 2 N–H and O–H groups in total. The molecule has 2 aliphatic carbocycles. The summed E-state index contributed by atoms with van der Waals surface area (Å²) in [5.41, 5.74) is 4.79. The molecular formula is C28H32N2O5. The van der Waals surface area contributed by atoms with Crippen molar-refractivity contribution >= 4 is 18.0 Å². The molecule has 0 aromatic heterocycles. The van der Waals surface area contributed by atoms with Crippen LogP contribution in [0.15, 0.2) is 48.5 Å². The topological polar surface area (TPSA) is 95.9 Å². The minimum atomic E-state index is -0.782. The highest BCUT2D eigenvalue weighted by Crippen LogP contribution is 2.44. The lowest BCUT2D eigenvalue weighted by Gasteiger charge is -2.39. The summed E-state index contributed by atoms with van der Waals surface area (Å²) >= 11 is 0. The van der Waals surface area contributed by atoms with Crippen molar-refractivity contribution < 1.29 is 24.2 Å². The molecule has 7 heteroatoms. The van der Waals surface area contributed by atoms with Crippen LogP contribution in [-0.2, 0) is 14.3 Å². The van der Waals surface area contributed by atoms with E-state index in [0.717, 1.165) is 19.3 Å². The van der Waals surface area contributed by atoms with E-state index in [1.165, 1.54) is 22.3 Å². The lowest BCUT2D eigenvalue weighted by atomic mass is 9.93. The molecule has 3 aliphatic rings. The van der Waals surface area contributed by atoms with Crippen LogP contribution >= 0.6 is 0 Å². The van der Waals surface area contributed by atoms with Gasteiger partial charge < -0.3 is 20.1 Å². The average Bonchev–Trinajstić information content (AvgIpc) is 3.38. The molecule has 5 rings (SSSR count). The first-order valence-corrected chi connectivity index (χ1v) is 12.6. The number of carboxylic acids is 1. The molecular weight excluding hydrogens is 444 g/mol. The summed E-state index contributed by atoms with van der Waals surface area (Å²) in [6, 6.07) is 16.6. The van der Waals surface area contributed by atoms with E-state index in [1.807, 2.05) is 29.2 Å². The summed E-state index contributed by atoms with van der Waals surface area (Å²) in [7, 11) is 0. The molecule has 35 heavy (non-hydrogen) atoms. The number of carboxylic acid groups (broad SMARTS) is 1. The van der Waals surface area contributed by atoms with Crippen molar-refractivity contribution in [2.45, 2.75) is 50.5 Å². The molecule has 0 radical (unpaired) electrons. The van der Waals surface area contributed by atoms with Gasteiger partial charge in [-0.05, 0) is 59.8 Å². The minimum Gasteiger partial charge on any atom is -0.481 e. The lowest BCUT2D eigenvalue weighted by Crippen LogP contribution is -2.50. The zero-order valence-electron chi connectivity index (χ0n) is 19.8. The Morgan fingerprint density at radius 1 is 0.943 bits per heavy atom. The Morgan fingerprint density at radius 3 is 2.26 bits per heavy atom. The highest BCUT2D eigenvalue weighted by atomic mass is 16.5. The first-order valence-electron chi connectivity index (χ1n) is 12.6. The molecule has 2 aromatic rings. The number of carbonyl (C=O) groups is 3. The van der Waals surface area contributed by atoms with Crippen LogP contribution in [0.2, 0.25) is 0 Å². The molecule has 7 nitrogen and oxygen atoms in total. The SMILES string of the molecule is O=C(O)CCC1CN(C(=O)C[C@@H]2CC[C@H](NC(=O)OCC3c4ccccc4-c4ccccc43)C2)C1. The van der Waals surface area contributed by atoms with Gasteiger partial charge in [0, 0.05) is 37.9 Å². The third-order valence-electron chi connectivity index (χ3n) is 7.75. The summed E-state index contributed by atoms with van der Waals surface area (Å²) in [4.78, 5) is 37.6. The van der Waals surface area contributed by atoms with Crippen molar-refractivity contribution in [3.05, 3.63) is 59.7 Å². The maximum absolute atomic E-state index is 12.6.